The number of benzene rings is 2. The number of hydrogen-bond donors (Lipinski definition) is 1. The zero-order chi connectivity index (χ0) is 18.2. The van der Waals surface area contributed by atoms with Crippen LogP contribution in [0.2, 0.25) is 6.55 Å². The van der Waals surface area contributed by atoms with Gasteiger partial charge in [0.15, 0.2) is 8.24 Å². The minimum absolute atomic E-state index is 0.0699. The van der Waals surface area contributed by atoms with Gasteiger partial charge in [0.2, 0.25) is 0 Å². The van der Waals surface area contributed by atoms with E-state index in [1.54, 1.807) is 0 Å². The highest BCUT2D eigenvalue weighted by Crippen LogP contribution is 2.41. The van der Waals surface area contributed by atoms with Gasteiger partial charge in [-0.1, -0.05) is 67.2 Å². The summed E-state index contributed by atoms with van der Waals surface area (Å²) in [6.45, 7) is 9.31. The van der Waals surface area contributed by atoms with Gasteiger partial charge >= 0.3 is 0 Å². The third-order valence-corrected chi connectivity index (χ3v) is 9.53. The van der Waals surface area contributed by atoms with Crippen molar-refractivity contribution in [1.29, 1.82) is 0 Å². The quantitative estimate of drug-likeness (QED) is 0.835. The van der Waals surface area contributed by atoms with E-state index in [-0.39, 0.29) is 5.54 Å². The molecule has 1 unspecified atom stereocenters. The van der Waals surface area contributed by atoms with Crippen molar-refractivity contribution in [2.45, 2.75) is 38.4 Å². The van der Waals surface area contributed by atoms with Crippen molar-refractivity contribution in [3.63, 3.8) is 0 Å². The number of rotatable bonds is 4. The van der Waals surface area contributed by atoms with Crippen LogP contribution in [0.25, 0.3) is 5.70 Å². The van der Waals surface area contributed by atoms with Gasteiger partial charge in [-0.3, -0.25) is 0 Å². The molecule has 3 rings (SSSR count). The second-order valence-electron chi connectivity index (χ2n) is 8.45. The molecular weight excluding hydrogens is 320 g/mol. The van der Waals surface area contributed by atoms with Crippen molar-refractivity contribution in [1.82, 2.24) is 9.88 Å². The summed E-state index contributed by atoms with van der Waals surface area (Å²) in [4.78, 5) is 6.31. The lowest BCUT2D eigenvalue weighted by atomic mass is 10.1. The van der Waals surface area contributed by atoms with Gasteiger partial charge < -0.3 is 9.88 Å². The van der Waals surface area contributed by atoms with Crippen LogP contribution in [-0.4, -0.2) is 32.8 Å². The molecule has 3 heteroatoms. The molecule has 2 aromatic carbocycles. The molecule has 0 saturated carbocycles. The lowest BCUT2D eigenvalue weighted by Crippen LogP contribution is -2.66. The molecule has 1 aliphatic rings. The second-order valence-corrected chi connectivity index (χ2v) is 12.3. The average Bonchev–Trinajstić information content (AvgIpc) is 2.94. The van der Waals surface area contributed by atoms with Crippen molar-refractivity contribution in [3.05, 3.63) is 71.8 Å². The van der Waals surface area contributed by atoms with E-state index in [4.69, 9.17) is 0 Å². The van der Waals surface area contributed by atoms with E-state index in [0.717, 1.165) is 0 Å². The third kappa shape index (κ3) is 3.44. The molecule has 2 nitrogen and oxygen atoms in total. The first-order valence-corrected chi connectivity index (χ1v) is 11.6. The van der Waals surface area contributed by atoms with Crippen molar-refractivity contribution in [2.24, 2.45) is 0 Å². The van der Waals surface area contributed by atoms with E-state index in [9.17, 15) is 0 Å². The third-order valence-electron chi connectivity index (χ3n) is 5.01. The Morgan fingerprint density at radius 2 is 1.52 bits per heavy atom. The molecule has 0 radical (unpaired) electrons. The fourth-order valence-electron chi connectivity index (χ4n) is 4.10. The Morgan fingerprint density at radius 3 is 2.12 bits per heavy atom. The van der Waals surface area contributed by atoms with Crippen LogP contribution in [0.15, 0.2) is 60.7 Å². The van der Waals surface area contributed by atoms with Crippen molar-refractivity contribution in [2.75, 3.05) is 14.1 Å². The van der Waals surface area contributed by atoms with Gasteiger partial charge in [0.05, 0.1) is 0 Å². The molecule has 0 aliphatic heterocycles. The molecule has 2 atom stereocenters. The largest absolute Gasteiger partial charge is 0.377 e. The molecule has 0 aromatic heterocycles. The first-order chi connectivity index (χ1) is 11.7. The van der Waals surface area contributed by atoms with E-state index in [1.165, 1.54) is 22.0 Å². The number of nitrogens with zero attached hydrogens (tertiary/aromatic N) is 1. The number of allylic oxidation sites excluding steroid dienone is 1. The highest BCUT2D eigenvalue weighted by molar-refractivity contribution is 6.90. The van der Waals surface area contributed by atoms with Crippen LogP contribution in [0.1, 0.15) is 37.4 Å². The minimum atomic E-state index is -2.02. The SMILES string of the molecule is CN(C)C1=CC([Si@@](C)(NC(C)(C)C)c2ccccc2)c2ccccc21. The molecule has 132 valence electrons. The molecule has 1 N–H and O–H groups in total. The normalized spacial score (nSPS) is 19.1. The van der Waals surface area contributed by atoms with Crippen LogP contribution in [0, 0.1) is 0 Å². The summed E-state index contributed by atoms with van der Waals surface area (Å²) in [5.74, 6) is 0. The summed E-state index contributed by atoms with van der Waals surface area (Å²) in [7, 11) is 2.27. The summed E-state index contributed by atoms with van der Waals surface area (Å²) in [6, 6.07) is 19.9. The van der Waals surface area contributed by atoms with Gasteiger partial charge in [-0.25, -0.2) is 0 Å². The zero-order valence-corrected chi connectivity index (χ0v) is 17.3. The summed E-state index contributed by atoms with van der Waals surface area (Å²) >= 11 is 0. The van der Waals surface area contributed by atoms with Gasteiger partial charge in [-0.05, 0) is 31.5 Å². The van der Waals surface area contributed by atoms with Gasteiger partial charge in [0, 0.05) is 36.4 Å². The van der Waals surface area contributed by atoms with Gasteiger partial charge in [0.25, 0.3) is 0 Å². The van der Waals surface area contributed by atoms with Gasteiger partial charge in [-0.2, -0.15) is 0 Å². The van der Waals surface area contributed by atoms with Gasteiger partial charge in [0.1, 0.15) is 0 Å². The van der Waals surface area contributed by atoms with Crippen molar-refractivity contribution in [3.8, 4) is 0 Å². The molecule has 0 bridgehead atoms. The molecule has 0 spiro atoms. The van der Waals surface area contributed by atoms with Crippen LogP contribution in [0.3, 0.4) is 0 Å². The Labute approximate surface area is 153 Å². The zero-order valence-electron chi connectivity index (χ0n) is 16.3. The molecule has 1 aliphatic carbocycles. The van der Waals surface area contributed by atoms with Gasteiger partial charge in [-0.15, -0.1) is 0 Å². The highest BCUT2D eigenvalue weighted by atomic mass is 28.3. The van der Waals surface area contributed by atoms with Crippen LogP contribution in [0.4, 0.5) is 0 Å². The molecule has 25 heavy (non-hydrogen) atoms. The van der Waals surface area contributed by atoms with E-state index in [1.807, 2.05) is 0 Å². The average molecular weight is 351 g/mol. The summed E-state index contributed by atoms with van der Waals surface area (Å²) in [6.07, 6.45) is 2.49. The number of fused-ring (bicyclic) bond motifs is 1. The summed E-state index contributed by atoms with van der Waals surface area (Å²) in [5, 5.41) is 1.46. The Balaban J connectivity index is 2.18. The smallest absolute Gasteiger partial charge is 0.166 e. The highest BCUT2D eigenvalue weighted by Gasteiger charge is 2.44. The molecule has 2 aromatic rings. The number of hydrogen-bond acceptors (Lipinski definition) is 2. The van der Waals surface area contributed by atoms with E-state index in [2.05, 4.69) is 112 Å². The number of nitrogens with one attached hydrogen (secondary N) is 1. The van der Waals surface area contributed by atoms with Crippen LogP contribution in [0.5, 0.6) is 0 Å². The topological polar surface area (TPSA) is 15.3 Å². The van der Waals surface area contributed by atoms with Crippen LogP contribution in [-0.2, 0) is 0 Å². The molecule has 0 fully saturated rings. The maximum Gasteiger partial charge on any atom is 0.166 e. The maximum absolute atomic E-state index is 4.07. The van der Waals surface area contributed by atoms with E-state index < -0.39 is 8.24 Å². The fraction of sp³-hybridized carbons (Fsp3) is 0.364. The van der Waals surface area contributed by atoms with Crippen LogP contribution < -0.4 is 10.2 Å². The monoisotopic (exact) mass is 350 g/mol. The Morgan fingerprint density at radius 1 is 0.920 bits per heavy atom. The van der Waals surface area contributed by atoms with Crippen LogP contribution >= 0.6 is 0 Å². The Bertz CT molecular complexity index is 774. The Hall–Kier alpha value is -1.84. The lowest BCUT2D eigenvalue weighted by Gasteiger charge is -2.40. The predicted molar refractivity (Wildman–Crippen MR) is 111 cm³/mol. The Kier molecular flexibility index (Phi) is 4.65. The van der Waals surface area contributed by atoms with Crippen molar-refractivity contribution >= 4 is 19.1 Å². The molecule has 0 amide bonds. The summed E-state index contributed by atoms with van der Waals surface area (Å²) in [5.41, 5.74) is 4.66. The molecule has 0 heterocycles. The fourth-order valence-corrected chi connectivity index (χ4v) is 8.57. The minimum Gasteiger partial charge on any atom is -0.377 e. The van der Waals surface area contributed by atoms with Crippen molar-refractivity contribution < 1.29 is 0 Å². The lowest BCUT2D eigenvalue weighted by molar-refractivity contribution is 0.511. The molecule has 0 saturated heterocycles. The maximum atomic E-state index is 4.07. The standard InChI is InChI=1S/C22H30N2Si/c1-22(2,3)23-25(6,17-12-8-7-9-13-17)21-16-20(24(4)5)18-14-10-11-15-19(18)21/h7-16,21,23H,1-6H3/t21?,25-/m0/s1. The first-order valence-electron chi connectivity index (χ1n) is 9.06. The first kappa shape index (κ1) is 18.0. The van der Waals surface area contributed by atoms with E-state index in [0.29, 0.717) is 5.54 Å². The van der Waals surface area contributed by atoms with E-state index >= 15 is 0 Å². The predicted octanol–water partition coefficient (Wildman–Crippen LogP) is 4.10. The molecular formula is C22H30N2Si. The second kappa shape index (κ2) is 6.47. The summed E-state index contributed by atoms with van der Waals surface area (Å²) < 4.78 is 0.